The average molecular weight is 262 g/mol. The van der Waals surface area contributed by atoms with Crippen molar-refractivity contribution >= 4 is 11.6 Å². The summed E-state index contributed by atoms with van der Waals surface area (Å²) < 4.78 is 5.87. The maximum absolute atomic E-state index is 5.98. The maximum Gasteiger partial charge on any atom is 0.135 e. The van der Waals surface area contributed by atoms with Gasteiger partial charge in [-0.3, -0.25) is 0 Å². The van der Waals surface area contributed by atoms with Gasteiger partial charge in [0.05, 0.1) is 18.2 Å². The molecular formula is C14H22N4O. The number of hydrogen-bond donors (Lipinski definition) is 2. The van der Waals surface area contributed by atoms with Crippen LogP contribution in [0.15, 0.2) is 0 Å². The third-order valence-corrected chi connectivity index (χ3v) is 4.13. The molecule has 3 rings (SSSR count). The molecule has 0 spiro atoms. The number of ether oxygens (including phenoxy) is 1. The van der Waals surface area contributed by atoms with Gasteiger partial charge in [-0.1, -0.05) is 6.92 Å². The maximum atomic E-state index is 5.98. The third-order valence-electron chi connectivity index (χ3n) is 4.13. The van der Waals surface area contributed by atoms with E-state index in [1.165, 1.54) is 6.42 Å². The Morgan fingerprint density at radius 2 is 2.21 bits per heavy atom. The van der Waals surface area contributed by atoms with E-state index in [0.29, 0.717) is 24.1 Å². The fourth-order valence-electron chi connectivity index (χ4n) is 3.02. The largest absolute Gasteiger partial charge is 0.383 e. The number of rotatable bonds is 4. The van der Waals surface area contributed by atoms with Crippen molar-refractivity contribution in [2.24, 2.45) is 0 Å². The molecule has 1 aromatic rings. The lowest BCUT2D eigenvalue weighted by Crippen LogP contribution is -2.31. The first kappa shape index (κ1) is 12.7. The molecule has 2 aliphatic rings. The summed E-state index contributed by atoms with van der Waals surface area (Å²) in [5.41, 5.74) is 6.93. The van der Waals surface area contributed by atoms with E-state index in [-0.39, 0.29) is 0 Å². The Hall–Kier alpha value is -1.36. The van der Waals surface area contributed by atoms with Crippen LogP contribution in [0.5, 0.6) is 0 Å². The second-order valence-electron chi connectivity index (χ2n) is 5.61. The van der Waals surface area contributed by atoms with Crippen LogP contribution in [-0.4, -0.2) is 28.2 Å². The summed E-state index contributed by atoms with van der Waals surface area (Å²) in [6, 6.07) is 0.376. The van der Waals surface area contributed by atoms with Crippen LogP contribution in [0.1, 0.15) is 44.0 Å². The van der Waals surface area contributed by atoms with Gasteiger partial charge in [-0.05, 0) is 32.6 Å². The van der Waals surface area contributed by atoms with E-state index >= 15 is 0 Å². The molecule has 2 fully saturated rings. The summed E-state index contributed by atoms with van der Waals surface area (Å²) in [5, 5.41) is 3.52. The van der Waals surface area contributed by atoms with Crippen LogP contribution in [0.25, 0.3) is 0 Å². The van der Waals surface area contributed by atoms with Gasteiger partial charge in [-0.15, -0.1) is 0 Å². The summed E-state index contributed by atoms with van der Waals surface area (Å²) in [4.78, 5) is 8.95. The van der Waals surface area contributed by atoms with Crippen LogP contribution >= 0.6 is 0 Å². The van der Waals surface area contributed by atoms with Crippen LogP contribution in [0.4, 0.5) is 11.6 Å². The van der Waals surface area contributed by atoms with Crippen LogP contribution in [-0.2, 0) is 11.2 Å². The van der Waals surface area contributed by atoms with E-state index < -0.39 is 0 Å². The van der Waals surface area contributed by atoms with E-state index in [1.807, 2.05) is 6.92 Å². The highest BCUT2D eigenvalue weighted by atomic mass is 16.5. The van der Waals surface area contributed by atoms with Crippen molar-refractivity contribution in [2.75, 3.05) is 11.1 Å². The third kappa shape index (κ3) is 2.39. The van der Waals surface area contributed by atoms with E-state index in [1.54, 1.807) is 0 Å². The topological polar surface area (TPSA) is 73.1 Å². The highest BCUT2D eigenvalue weighted by Gasteiger charge is 2.41. The van der Waals surface area contributed by atoms with Crippen molar-refractivity contribution in [1.29, 1.82) is 0 Å². The number of nitrogens with zero attached hydrogens (tertiary/aromatic N) is 2. The fraction of sp³-hybridized carbons (Fsp3) is 0.714. The summed E-state index contributed by atoms with van der Waals surface area (Å²) in [7, 11) is 0. The quantitative estimate of drug-likeness (QED) is 0.868. The lowest BCUT2D eigenvalue weighted by Gasteiger charge is -2.22. The van der Waals surface area contributed by atoms with E-state index in [4.69, 9.17) is 10.5 Å². The summed E-state index contributed by atoms with van der Waals surface area (Å²) in [6.07, 6.45) is 6.12. The highest BCUT2D eigenvalue weighted by Crippen LogP contribution is 2.36. The zero-order valence-electron chi connectivity index (χ0n) is 11.6. The standard InChI is InChI=1S/C14H22N4O/c1-3-4-12-17-13(15)8(2)14(18-12)16-10-7-9-5-6-11(10)19-9/h9-11H,3-7H2,1-2H3,(H3,15,16,17,18). The van der Waals surface area contributed by atoms with Crippen LogP contribution in [0.2, 0.25) is 0 Å². The molecule has 3 heterocycles. The zero-order valence-corrected chi connectivity index (χ0v) is 11.6. The SMILES string of the molecule is CCCc1nc(N)c(C)c(NC2CC3CCC2O3)n1. The molecule has 2 aliphatic heterocycles. The number of fused-ring (bicyclic) bond motifs is 2. The molecule has 5 nitrogen and oxygen atoms in total. The monoisotopic (exact) mass is 262 g/mol. The molecule has 19 heavy (non-hydrogen) atoms. The smallest absolute Gasteiger partial charge is 0.135 e. The minimum Gasteiger partial charge on any atom is -0.383 e. The first-order valence-electron chi connectivity index (χ1n) is 7.22. The molecule has 3 atom stereocenters. The van der Waals surface area contributed by atoms with Crippen molar-refractivity contribution < 1.29 is 4.74 Å². The van der Waals surface area contributed by atoms with Gasteiger partial charge >= 0.3 is 0 Å². The van der Waals surface area contributed by atoms with Crippen molar-refractivity contribution in [1.82, 2.24) is 9.97 Å². The lowest BCUT2D eigenvalue weighted by molar-refractivity contribution is 0.102. The molecule has 5 heteroatoms. The molecule has 0 saturated carbocycles. The summed E-state index contributed by atoms with van der Waals surface area (Å²) in [5.74, 6) is 2.30. The number of nitrogens with one attached hydrogen (secondary N) is 1. The Morgan fingerprint density at radius 1 is 1.37 bits per heavy atom. The normalized spacial score (nSPS) is 28.8. The van der Waals surface area contributed by atoms with E-state index in [2.05, 4.69) is 22.2 Å². The number of nitrogens with two attached hydrogens (primary N) is 1. The van der Waals surface area contributed by atoms with E-state index in [0.717, 1.165) is 42.9 Å². The number of anilines is 2. The predicted molar refractivity (Wildman–Crippen MR) is 75.1 cm³/mol. The van der Waals surface area contributed by atoms with Gasteiger partial charge in [0.2, 0.25) is 0 Å². The van der Waals surface area contributed by atoms with Crippen molar-refractivity contribution in [3.63, 3.8) is 0 Å². The zero-order chi connectivity index (χ0) is 13.4. The van der Waals surface area contributed by atoms with Gasteiger partial charge in [-0.2, -0.15) is 0 Å². The first-order chi connectivity index (χ1) is 9.17. The van der Waals surface area contributed by atoms with Crippen LogP contribution < -0.4 is 11.1 Å². The Bertz CT molecular complexity index is 477. The molecular weight excluding hydrogens is 240 g/mol. The number of aromatic nitrogens is 2. The second-order valence-corrected chi connectivity index (χ2v) is 5.61. The first-order valence-corrected chi connectivity index (χ1v) is 7.22. The minimum atomic E-state index is 0.343. The highest BCUT2D eigenvalue weighted by molar-refractivity contribution is 5.55. The molecule has 2 bridgehead atoms. The number of aryl methyl sites for hydroxylation is 1. The Kier molecular flexibility index (Phi) is 3.31. The molecule has 0 radical (unpaired) electrons. The Morgan fingerprint density at radius 3 is 2.84 bits per heavy atom. The van der Waals surface area contributed by atoms with Gasteiger partial charge in [0.1, 0.15) is 17.5 Å². The Labute approximate surface area is 114 Å². The Balaban J connectivity index is 1.79. The van der Waals surface area contributed by atoms with Gasteiger partial charge in [-0.25, -0.2) is 9.97 Å². The average Bonchev–Trinajstić information content (AvgIpc) is 2.98. The molecule has 0 aliphatic carbocycles. The molecule has 1 aromatic heterocycles. The minimum absolute atomic E-state index is 0.343. The molecule has 3 N–H and O–H groups in total. The predicted octanol–water partition coefficient (Wildman–Crippen LogP) is 2.05. The van der Waals surface area contributed by atoms with Crippen LogP contribution in [0, 0.1) is 6.92 Å². The number of hydrogen-bond acceptors (Lipinski definition) is 5. The van der Waals surface area contributed by atoms with Gasteiger partial charge in [0.25, 0.3) is 0 Å². The molecule has 2 saturated heterocycles. The van der Waals surface area contributed by atoms with Crippen molar-refractivity contribution in [3.8, 4) is 0 Å². The lowest BCUT2D eigenvalue weighted by atomic mass is 9.95. The summed E-state index contributed by atoms with van der Waals surface area (Å²) in [6.45, 7) is 4.09. The van der Waals surface area contributed by atoms with E-state index in [9.17, 15) is 0 Å². The van der Waals surface area contributed by atoms with Crippen molar-refractivity contribution in [2.45, 2.75) is 64.2 Å². The number of nitrogen functional groups attached to an aromatic ring is 1. The second kappa shape index (κ2) is 4.96. The molecule has 0 amide bonds. The molecule has 104 valence electrons. The molecule has 3 unspecified atom stereocenters. The summed E-state index contributed by atoms with van der Waals surface area (Å²) >= 11 is 0. The fourth-order valence-corrected chi connectivity index (χ4v) is 3.02. The van der Waals surface area contributed by atoms with Crippen LogP contribution in [0.3, 0.4) is 0 Å². The van der Waals surface area contributed by atoms with Gasteiger partial charge < -0.3 is 15.8 Å². The van der Waals surface area contributed by atoms with Gasteiger partial charge in [0.15, 0.2) is 0 Å². The van der Waals surface area contributed by atoms with Crippen molar-refractivity contribution in [3.05, 3.63) is 11.4 Å². The van der Waals surface area contributed by atoms with Gasteiger partial charge in [0, 0.05) is 12.0 Å². The molecule has 0 aromatic carbocycles.